The molecule has 0 spiro atoms. The van der Waals surface area contributed by atoms with Crippen LogP contribution in [0.25, 0.3) is 0 Å². The summed E-state index contributed by atoms with van der Waals surface area (Å²) in [6.07, 6.45) is 2.31. The molecule has 0 radical (unpaired) electrons. The van der Waals surface area contributed by atoms with Gasteiger partial charge in [-0.1, -0.05) is 25.5 Å². The highest BCUT2D eigenvalue weighted by atomic mass is 15.3. The highest BCUT2D eigenvalue weighted by molar-refractivity contribution is 5.62. The van der Waals surface area contributed by atoms with Crippen LogP contribution in [0.2, 0.25) is 0 Å². The summed E-state index contributed by atoms with van der Waals surface area (Å²) in [5, 5.41) is 0. The lowest BCUT2D eigenvalue weighted by Gasteiger charge is -2.24. The third kappa shape index (κ3) is 3.60. The average Bonchev–Trinajstić information content (AvgIpc) is 2.41. The van der Waals surface area contributed by atoms with Gasteiger partial charge in [0, 0.05) is 23.6 Å². The van der Waals surface area contributed by atoms with Crippen molar-refractivity contribution in [3.63, 3.8) is 0 Å². The van der Waals surface area contributed by atoms with Gasteiger partial charge in [0.15, 0.2) is 0 Å². The number of benzene rings is 1. The van der Waals surface area contributed by atoms with E-state index < -0.39 is 0 Å². The van der Waals surface area contributed by atoms with E-state index in [9.17, 15) is 0 Å². The molecule has 0 unspecified atom stereocenters. The van der Waals surface area contributed by atoms with Gasteiger partial charge in [0.2, 0.25) is 5.95 Å². The third-order valence-electron chi connectivity index (χ3n) is 3.62. The molecular formula is C18H25N3. The molecule has 21 heavy (non-hydrogen) atoms. The standard InChI is InChI=1S/C18H25N3/c1-6-8-16-9-10-17(13(3)11-16)21(7-2)18-19-14(4)12-15(5)20-18/h9-12H,6-8H2,1-5H3. The van der Waals surface area contributed by atoms with Gasteiger partial charge in [-0.05, 0) is 57.4 Å². The van der Waals surface area contributed by atoms with Gasteiger partial charge in [-0.3, -0.25) is 0 Å². The van der Waals surface area contributed by atoms with Crippen LogP contribution in [-0.2, 0) is 6.42 Å². The van der Waals surface area contributed by atoms with Gasteiger partial charge in [0.05, 0.1) is 0 Å². The molecule has 0 aliphatic carbocycles. The number of aryl methyl sites for hydroxylation is 4. The molecule has 2 aromatic rings. The smallest absolute Gasteiger partial charge is 0.230 e. The maximum atomic E-state index is 4.60. The first-order valence-electron chi connectivity index (χ1n) is 7.74. The van der Waals surface area contributed by atoms with Gasteiger partial charge in [0.25, 0.3) is 0 Å². The summed E-state index contributed by atoms with van der Waals surface area (Å²) in [4.78, 5) is 11.4. The van der Waals surface area contributed by atoms with Gasteiger partial charge < -0.3 is 4.90 Å². The zero-order valence-corrected chi connectivity index (χ0v) is 13.8. The Kier molecular flexibility index (Phi) is 4.94. The maximum absolute atomic E-state index is 4.60. The highest BCUT2D eigenvalue weighted by Crippen LogP contribution is 2.27. The first-order chi connectivity index (χ1) is 10.0. The lowest BCUT2D eigenvalue weighted by atomic mass is 10.1. The van der Waals surface area contributed by atoms with Crippen LogP contribution in [-0.4, -0.2) is 16.5 Å². The number of nitrogens with zero attached hydrogens (tertiary/aromatic N) is 3. The Balaban J connectivity index is 2.41. The number of hydrogen-bond acceptors (Lipinski definition) is 3. The fraction of sp³-hybridized carbons (Fsp3) is 0.444. The molecule has 3 nitrogen and oxygen atoms in total. The molecule has 112 valence electrons. The largest absolute Gasteiger partial charge is 0.311 e. The lowest BCUT2D eigenvalue weighted by molar-refractivity contribution is 0.904. The molecule has 0 atom stereocenters. The van der Waals surface area contributed by atoms with Gasteiger partial charge in [-0.2, -0.15) is 0 Å². The van der Waals surface area contributed by atoms with Crippen molar-refractivity contribution in [2.75, 3.05) is 11.4 Å². The van der Waals surface area contributed by atoms with Crippen LogP contribution in [0.4, 0.5) is 11.6 Å². The quantitative estimate of drug-likeness (QED) is 0.808. The molecule has 0 saturated heterocycles. The molecule has 0 bridgehead atoms. The molecule has 0 aliphatic heterocycles. The molecule has 0 saturated carbocycles. The Morgan fingerprint density at radius 3 is 2.14 bits per heavy atom. The van der Waals surface area contributed by atoms with Crippen molar-refractivity contribution in [3.8, 4) is 0 Å². The molecule has 1 aromatic carbocycles. The van der Waals surface area contributed by atoms with E-state index in [4.69, 9.17) is 0 Å². The Morgan fingerprint density at radius 1 is 0.952 bits per heavy atom. The molecule has 0 N–H and O–H groups in total. The molecule has 0 fully saturated rings. The molecule has 2 rings (SSSR count). The Hall–Kier alpha value is -1.90. The van der Waals surface area contributed by atoms with E-state index in [1.165, 1.54) is 23.2 Å². The SMILES string of the molecule is CCCc1ccc(N(CC)c2nc(C)cc(C)n2)c(C)c1. The predicted octanol–water partition coefficient (Wildman–Crippen LogP) is 4.51. The van der Waals surface area contributed by atoms with Crippen LogP contribution >= 0.6 is 0 Å². The first-order valence-corrected chi connectivity index (χ1v) is 7.74. The normalized spacial score (nSPS) is 10.7. The lowest BCUT2D eigenvalue weighted by Crippen LogP contribution is -2.20. The van der Waals surface area contributed by atoms with Gasteiger partial charge in [0.1, 0.15) is 0 Å². The van der Waals surface area contributed by atoms with Crippen molar-refractivity contribution in [3.05, 3.63) is 46.8 Å². The van der Waals surface area contributed by atoms with Crippen LogP contribution in [0.3, 0.4) is 0 Å². The van der Waals surface area contributed by atoms with Crippen molar-refractivity contribution in [2.45, 2.75) is 47.5 Å². The second-order valence-corrected chi connectivity index (χ2v) is 5.57. The summed E-state index contributed by atoms with van der Waals surface area (Å²) in [6, 6.07) is 8.71. The topological polar surface area (TPSA) is 29.0 Å². The summed E-state index contributed by atoms with van der Waals surface area (Å²) in [5.74, 6) is 0.793. The van der Waals surface area contributed by atoms with Gasteiger partial charge in [-0.25, -0.2) is 9.97 Å². The fourth-order valence-corrected chi connectivity index (χ4v) is 2.71. The number of aromatic nitrogens is 2. The van der Waals surface area contributed by atoms with Gasteiger partial charge >= 0.3 is 0 Å². The summed E-state index contributed by atoms with van der Waals surface area (Å²) in [6.45, 7) is 11.4. The fourth-order valence-electron chi connectivity index (χ4n) is 2.71. The summed E-state index contributed by atoms with van der Waals surface area (Å²) >= 11 is 0. The molecule has 0 aliphatic rings. The van der Waals surface area contributed by atoms with E-state index in [1.54, 1.807) is 0 Å². The van der Waals surface area contributed by atoms with Crippen LogP contribution in [0, 0.1) is 20.8 Å². The van der Waals surface area contributed by atoms with Crippen LogP contribution in [0.5, 0.6) is 0 Å². The predicted molar refractivity (Wildman–Crippen MR) is 89.4 cm³/mol. The second kappa shape index (κ2) is 6.70. The van der Waals surface area contributed by atoms with Crippen LogP contribution in [0.15, 0.2) is 24.3 Å². The number of anilines is 2. The zero-order chi connectivity index (χ0) is 15.4. The maximum Gasteiger partial charge on any atom is 0.230 e. The minimum atomic E-state index is 0.793. The van der Waals surface area contributed by atoms with Crippen LogP contribution in [0.1, 0.15) is 42.8 Å². The Morgan fingerprint density at radius 2 is 1.62 bits per heavy atom. The minimum Gasteiger partial charge on any atom is -0.311 e. The van der Waals surface area contributed by atoms with Crippen molar-refractivity contribution in [1.29, 1.82) is 0 Å². The average molecular weight is 283 g/mol. The summed E-state index contributed by atoms with van der Waals surface area (Å²) in [5.41, 5.74) is 5.90. The Bertz CT molecular complexity index is 600. The zero-order valence-electron chi connectivity index (χ0n) is 13.8. The van der Waals surface area contributed by atoms with Gasteiger partial charge in [-0.15, -0.1) is 0 Å². The van der Waals surface area contributed by atoms with Crippen molar-refractivity contribution in [1.82, 2.24) is 9.97 Å². The molecule has 1 aromatic heterocycles. The van der Waals surface area contributed by atoms with E-state index in [0.717, 1.165) is 30.3 Å². The number of rotatable bonds is 5. The Labute approximate surface area is 128 Å². The molecule has 0 amide bonds. The summed E-state index contributed by atoms with van der Waals surface area (Å²) < 4.78 is 0. The van der Waals surface area contributed by atoms with E-state index in [1.807, 2.05) is 19.9 Å². The molecule has 3 heteroatoms. The minimum absolute atomic E-state index is 0.793. The first kappa shape index (κ1) is 15.5. The van der Waals surface area contributed by atoms with E-state index in [2.05, 4.69) is 53.8 Å². The molecule has 1 heterocycles. The van der Waals surface area contributed by atoms with Crippen molar-refractivity contribution >= 4 is 11.6 Å². The van der Waals surface area contributed by atoms with E-state index in [0.29, 0.717) is 0 Å². The van der Waals surface area contributed by atoms with E-state index >= 15 is 0 Å². The second-order valence-electron chi connectivity index (χ2n) is 5.57. The number of hydrogen-bond donors (Lipinski definition) is 0. The monoisotopic (exact) mass is 283 g/mol. The van der Waals surface area contributed by atoms with Crippen molar-refractivity contribution < 1.29 is 0 Å². The summed E-state index contributed by atoms with van der Waals surface area (Å²) in [7, 11) is 0. The third-order valence-corrected chi connectivity index (χ3v) is 3.62. The van der Waals surface area contributed by atoms with Crippen LogP contribution < -0.4 is 4.90 Å². The van der Waals surface area contributed by atoms with E-state index in [-0.39, 0.29) is 0 Å². The molecular weight excluding hydrogens is 258 g/mol. The highest BCUT2D eigenvalue weighted by Gasteiger charge is 2.13. The van der Waals surface area contributed by atoms with Crippen molar-refractivity contribution in [2.24, 2.45) is 0 Å².